The lowest BCUT2D eigenvalue weighted by Gasteiger charge is -2.21. The molecule has 6 heteroatoms. The zero-order valence-corrected chi connectivity index (χ0v) is 12.3. The van der Waals surface area contributed by atoms with Crippen LogP contribution in [0.15, 0.2) is 12.1 Å². The third kappa shape index (κ3) is 4.39. The molecule has 1 heterocycles. The second-order valence-electron chi connectivity index (χ2n) is 5.30. The SMILES string of the molecule is Cc1cc(CN2CCNC(=O)CC2)c(OC(F)F)cc1C. The maximum atomic E-state index is 12.5. The Balaban J connectivity index is 2.17. The van der Waals surface area contributed by atoms with Crippen LogP contribution in [0.3, 0.4) is 0 Å². The van der Waals surface area contributed by atoms with Crippen molar-refractivity contribution in [3.8, 4) is 5.75 Å². The Morgan fingerprint density at radius 1 is 1.29 bits per heavy atom. The molecule has 0 saturated carbocycles. The van der Waals surface area contributed by atoms with Crippen molar-refractivity contribution in [2.45, 2.75) is 33.4 Å². The average Bonchev–Trinajstić information content (AvgIpc) is 2.60. The fourth-order valence-electron chi connectivity index (χ4n) is 2.39. The number of nitrogens with one attached hydrogen (secondary N) is 1. The molecule has 0 bridgehead atoms. The van der Waals surface area contributed by atoms with Gasteiger partial charge in [0.15, 0.2) is 0 Å². The number of hydrogen-bond donors (Lipinski definition) is 1. The first-order valence-electron chi connectivity index (χ1n) is 6.99. The molecule has 0 spiro atoms. The Kier molecular flexibility index (Phi) is 5.12. The van der Waals surface area contributed by atoms with Gasteiger partial charge < -0.3 is 10.1 Å². The molecule has 1 saturated heterocycles. The molecule has 0 aliphatic carbocycles. The van der Waals surface area contributed by atoms with Crippen LogP contribution in [0, 0.1) is 13.8 Å². The summed E-state index contributed by atoms with van der Waals surface area (Å²) in [6.07, 6.45) is 0.426. The Hall–Kier alpha value is -1.69. The molecular formula is C15H20F2N2O2. The van der Waals surface area contributed by atoms with Crippen molar-refractivity contribution in [3.05, 3.63) is 28.8 Å². The second kappa shape index (κ2) is 6.85. The molecule has 1 aliphatic heterocycles. The first kappa shape index (κ1) is 15.7. The lowest BCUT2D eigenvalue weighted by molar-refractivity contribution is -0.120. The third-order valence-electron chi connectivity index (χ3n) is 3.69. The summed E-state index contributed by atoms with van der Waals surface area (Å²) >= 11 is 0. The molecule has 1 aliphatic rings. The van der Waals surface area contributed by atoms with Gasteiger partial charge >= 0.3 is 6.61 Å². The number of ether oxygens (including phenoxy) is 1. The minimum absolute atomic E-state index is 0.0293. The van der Waals surface area contributed by atoms with Gasteiger partial charge in [-0.05, 0) is 31.0 Å². The van der Waals surface area contributed by atoms with Crippen LogP contribution in [-0.4, -0.2) is 37.1 Å². The van der Waals surface area contributed by atoms with Gasteiger partial charge in [-0.1, -0.05) is 6.07 Å². The van der Waals surface area contributed by atoms with E-state index in [0.29, 0.717) is 32.6 Å². The van der Waals surface area contributed by atoms with Crippen LogP contribution in [0.5, 0.6) is 5.75 Å². The molecule has 1 N–H and O–H groups in total. The Morgan fingerprint density at radius 2 is 2.00 bits per heavy atom. The van der Waals surface area contributed by atoms with E-state index in [4.69, 9.17) is 0 Å². The standard InChI is InChI=1S/C15H20F2N2O2/c1-10-7-12(13(8-11(10)2)21-15(16)17)9-19-5-3-14(20)18-4-6-19/h7-8,15H,3-6,9H2,1-2H3,(H,18,20). The van der Waals surface area contributed by atoms with Crippen LogP contribution in [-0.2, 0) is 11.3 Å². The van der Waals surface area contributed by atoms with Crippen LogP contribution >= 0.6 is 0 Å². The lowest BCUT2D eigenvalue weighted by atomic mass is 10.0. The predicted octanol–water partition coefficient (Wildman–Crippen LogP) is 2.23. The van der Waals surface area contributed by atoms with Crippen molar-refractivity contribution in [1.29, 1.82) is 0 Å². The molecule has 1 aromatic carbocycles. The molecule has 0 radical (unpaired) electrons. The minimum atomic E-state index is -2.83. The number of nitrogens with zero attached hydrogens (tertiary/aromatic N) is 1. The van der Waals surface area contributed by atoms with Crippen LogP contribution in [0.1, 0.15) is 23.1 Å². The van der Waals surface area contributed by atoms with Gasteiger partial charge in [-0.25, -0.2) is 0 Å². The van der Waals surface area contributed by atoms with E-state index in [1.165, 1.54) is 0 Å². The summed E-state index contributed by atoms with van der Waals surface area (Å²) < 4.78 is 29.7. The van der Waals surface area contributed by atoms with E-state index in [0.717, 1.165) is 16.7 Å². The zero-order chi connectivity index (χ0) is 15.4. The quantitative estimate of drug-likeness (QED) is 0.927. The van der Waals surface area contributed by atoms with Crippen LogP contribution in [0.4, 0.5) is 8.78 Å². The van der Waals surface area contributed by atoms with Gasteiger partial charge in [-0.2, -0.15) is 8.78 Å². The van der Waals surface area contributed by atoms with Crippen molar-refractivity contribution in [2.24, 2.45) is 0 Å². The summed E-state index contributed by atoms with van der Waals surface area (Å²) in [5.41, 5.74) is 2.69. The molecule has 2 rings (SSSR count). The summed E-state index contributed by atoms with van der Waals surface area (Å²) in [6.45, 7) is 3.37. The number of aryl methyl sites for hydroxylation is 2. The van der Waals surface area contributed by atoms with E-state index in [2.05, 4.69) is 15.0 Å². The number of amides is 1. The van der Waals surface area contributed by atoms with E-state index in [1.807, 2.05) is 19.9 Å². The highest BCUT2D eigenvalue weighted by Crippen LogP contribution is 2.26. The molecule has 116 valence electrons. The molecule has 0 unspecified atom stereocenters. The van der Waals surface area contributed by atoms with Crippen molar-refractivity contribution >= 4 is 5.91 Å². The lowest BCUT2D eigenvalue weighted by Crippen LogP contribution is -2.28. The smallest absolute Gasteiger partial charge is 0.387 e. The first-order valence-corrected chi connectivity index (χ1v) is 6.99. The molecular weight excluding hydrogens is 278 g/mol. The number of alkyl halides is 2. The van der Waals surface area contributed by atoms with Crippen molar-refractivity contribution in [2.75, 3.05) is 19.6 Å². The molecule has 1 amide bonds. The van der Waals surface area contributed by atoms with Crippen LogP contribution in [0.2, 0.25) is 0 Å². The highest BCUT2D eigenvalue weighted by Gasteiger charge is 2.17. The summed E-state index contributed by atoms with van der Waals surface area (Å²) in [5.74, 6) is 0.248. The van der Waals surface area contributed by atoms with E-state index < -0.39 is 6.61 Å². The van der Waals surface area contributed by atoms with Gasteiger partial charge in [0, 0.05) is 38.2 Å². The molecule has 4 nitrogen and oxygen atoms in total. The van der Waals surface area contributed by atoms with Crippen molar-refractivity contribution in [3.63, 3.8) is 0 Å². The number of hydrogen-bond acceptors (Lipinski definition) is 3. The molecule has 1 aromatic rings. The van der Waals surface area contributed by atoms with Gasteiger partial charge in [-0.3, -0.25) is 9.69 Å². The van der Waals surface area contributed by atoms with Gasteiger partial charge in [0.2, 0.25) is 5.91 Å². The Labute approximate surface area is 123 Å². The summed E-state index contributed by atoms with van der Waals surface area (Å²) in [4.78, 5) is 13.4. The summed E-state index contributed by atoms with van der Waals surface area (Å²) in [7, 11) is 0. The third-order valence-corrected chi connectivity index (χ3v) is 3.69. The monoisotopic (exact) mass is 298 g/mol. The molecule has 21 heavy (non-hydrogen) atoms. The minimum Gasteiger partial charge on any atom is -0.434 e. The Morgan fingerprint density at radius 3 is 2.71 bits per heavy atom. The summed E-state index contributed by atoms with van der Waals surface area (Å²) in [5, 5.41) is 2.80. The average molecular weight is 298 g/mol. The molecule has 0 atom stereocenters. The van der Waals surface area contributed by atoms with Crippen LogP contribution in [0.25, 0.3) is 0 Å². The topological polar surface area (TPSA) is 41.6 Å². The fraction of sp³-hybridized carbons (Fsp3) is 0.533. The van der Waals surface area contributed by atoms with E-state index in [1.54, 1.807) is 6.07 Å². The number of halogens is 2. The Bertz CT molecular complexity index is 521. The molecule has 1 fully saturated rings. The van der Waals surface area contributed by atoms with Gasteiger partial charge in [0.1, 0.15) is 5.75 Å². The summed E-state index contributed by atoms with van der Waals surface area (Å²) in [6, 6.07) is 3.53. The van der Waals surface area contributed by atoms with E-state index in [9.17, 15) is 13.6 Å². The predicted molar refractivity (Wildman–Crippen MR) is 75.5 cm³/mol. The fourth-order valence-corrected chi connectivity index (χ4v) is 2.39. The maximum Gasteiger partial charge on any atom is 0.387 e. The highest BCUT2D eigenvalue weighted by atomic mass is 19.3. The number of carbonyl (C=O) groups excluding carboxylic acids is 1. The van der Waals surface area contributed by atoms with Crippen molar-refractivity contribution < 1.29 is 18.3 Å². The zero-order valence-electron chi connectivity index (χ0n) is 12.3. The van der Waals surface area contributed by atoms with E-state index >= 15 is 0 Å². The number of benzene rings is 1. The first-order chi connectivity index (χ1) is 9.95. The van der Waals surface area contributed by atoms with Gasteiger partial charge in [0.05, 0.1) is 0 Å². The largest absolute Gasteiger partial charge is 0.434 e. The van der Waals surface area contributed by atoms with Crippen LogP contribution < -0.4 is 10.1 Å². The second-order valence-corrected chi connectivity index (χ2v) is 5.30. The van der Waals surface area contributed by atoms with Gasteiger partial charge in [0.25, 0.3) is 0 Å². The van der Waals surface area contributed by atoms with Crippen molar-refractivity contribution in [1.82, 2.24) is 10.2 Å². The van der Waals surface area contributed by atoms with E-state index in [-0.39, 0.29) is 11.7 Å². The number of rotatable bonds is 4. The molecule has 0 aromatic heterocycles. The van der Waals surface area contributed by atoms with Gasteiger partial charge in [-0.15, -0.1) is 0 Å². The maximum absolute atomic E-state index is 12.5. The number of carbonyl (C=O) groups is 1. The highest BCUT2D eigenvalue weighted by molar-refractivity contribution is 5.76. The normalized spacial score (nSPS) is 16.7.